The molecular weight excluding hydrogens is 326 g/mol. The highest BCUT2D eigenvalue weighted by Gasteiger charge is 2.23. The van der Waals surface area contributed by atoms with Crippen molar-refractivity contribution in [2.75, 3.05) is 14.2 Å². The maximum Gasteiger partial charge on any atom is 0.339 e. The highest BCUT2D eigenvalue weighted by Crippen LogP contribution is 2.31. The molecule has 122 valence electrons. The van der Waals surface area contributed by atoms with E-state index in [1.165, 1.54) is 38.5 Å². The van der Waals surface area contributed by atoms with Crippen molar-refractivity contribution in [3.05, 3.63) is 52.6 Å². The van der Waals surface area contributed by atoms with Gasteiger partial charge in [0.1, 0.15) is 16.4 Å². The molecular formula is C14H13NO7S. The summed E-state index contributed by atoms with van der Waals surface area (Å²) in [5.41, 5.74) is -0.470. The van der Waals surface area contributed by atoms with Gasteiger partial charge >= 0.3 is 15.8 Å². The Morgan fingerprint density at radius 3 is 2.30 bits per heavy atom. The number of hydrogen-bond donors (Lipinski definition) is 0. The molecule has 0 heterocycles. The van der Waals surface area contributed by atoms with E-state index >= 15 is 0 Å². The van der Waals surface area contributed by atoms with Crippen LogP contribution in [-0.2, 0) is 10.1 Å². The van der Waals surface area contributed by atoms with Crippen molar-refractivity contribution in [2.45, 2.75) is 4.90 Å². The van der Waals surface area contributed by atoms with E-state index in [2.05, 4.69) is 0 Å². The van der Waals surface area contributed by atoms with Gasteiger partial charge in [0.2, 0.25) is 0 Å². The number of benzene rings is 2. The van der Waals surface area contributed by atoms with Crippen molar-refractivity contribution in [1.29, 1.82) is 0 Å². The van der Waals surface area contributed by atoms with Gasteiger partial charge in [-0.2, -0.15) is 8.42 Å². The highest BCUT2D eigenvalue weighted by atomic mass is 32.2. The second-order valence-electron chi connectivity index (χ2n) is 4.31. The van der Waals surface area contributed by atoms with Gasteiger partial charge in [-0.25, -0.2) is 0 Å². The molecule has 0 unspecified atom stereocenters. The molecule has 9 heteroatoms. The third-order valence-corrected chi connectivity index (χ3v) is 4.13. The van der Waals surface area contributed by atoms with Gasteiger partial charge in [-0.1, -0.05) is 6.07 Å². The maximum atomic E-state index is 12.2. The van der Waals surface area contributed by atoms with Crippen LogP contribution >= 0.6 is 0 Å². The van der Waals surface area contributed by atoms with Crippen LogP contribution in [0, 0.1) is 10.1 Å². The van der Waals surface area contributed by atoms with Crippen LogP contribution < -0.4 is 13.7 Å². The van der Waals surface area contributed by atoms with Gasteiger partial charge in [0.15, 0.2) is 5.75 Å². The first-order valence-electron chi connectivity index (χ1n) is 6.28. The van der Waals surface area contributed by atoms with Crippen molar-refractivity contribution in [3.8, 4) is 17.2 Å². The molecule has 2 aromatic rings. The highest BCUT2D eigenvalue weighted by molar-refractivity contribution is 7.87. The first kappa shape index (κ1) is 16.6. The van der Waals surface area contributed by atoms with E-state index in [4.69, 9.17) is 13.7 Å². The average molecular weight is 339 g/mol. The van der Waals surface area contributed by atoms with E-state index in [-0.39, 0.29) is 16.4 Å². The van der Waals surface area contributed by atoms with Crippen LogP contribution in [0.3, 0.4) is 0 Å². The average Bonchev–Trinajstić information content (AvgIpc) is 2.53. The lowest BCUT2D eigenvalue weighted by molar-refractivity contribution is -0.386. The zero-order valence-corrected chi connectivity index (χ0v) is 13.1. The molecule has 8 nitrogen and oxygen atoms in total. The van der Waals surface area contributed by atoms with Gasteiger partial charge in [0, 0.05) is 12.1 Å². The number of methoxy groups -OCH3 is 2. The summed E-state index contributed by atoms with van der Waals surface area (Å²) in [4.78, 5) is 9.89. The van der Waals surface area contributed by atoms with Crippen LogP contribution in [0.5, 0.6) is 17.2 Å². The standard InChI is InChI=1S/C14H13NO7S/c1-20-10-4-3-5-11(8-10)22-23(18,19)12-6-7-14(21-2)13(9-12)15(16)17/h3-9H,1-2H3. The molecule has 0 radical (unpaired) electrons. The number of nitro benzene ring substituents is 1. The summed E-state index contributed by atoms with van der Waals surface area (Å²) >= 11 is 0. The van der Waals surface area contributed by atoms with E-state index < -0.39 is 20.7 Å². The predicted octanol–water partition coefficient (Wildman–Crippen LogP) is 2.38. The number of hydrogen-bond acceptors (Lipinski definition) is 7. The minimum absolute atomic E-state index is 0.0304. The minimum atomic E-state index is -4.23. The Morgan fingerprint density at radius 1 is 1.00 bits per heavy atom. The molecule has 2 rings (SSSR count). The van der Waals surface area contributed by atoms with Crippen molar-refractivity contribution in [2.24, 2.45) is 0 Å². The van der Waals surface area contributed by atoms with Crippen LogP contribution in [0.25, 0.3) is 0 Å². The number of ether oxygens (including phenoxy) is 2. The molecule has 0 saturated heterocycles. The SMILES string of the molecule is COc1cccc(OS(=O)(=O)c2ccc(OC)c([N+](=O)[O-])c2)c1. The van der Waals surface area contributed by atoms with Crippen molar-refractivity contribution in [1.82, 2.24) is 0 Å². The molecule has 0 aliphatic rings. The topological polar surface area (TPSA) is 105 Å². The van der Waals surface area contributed by atoms with Gasteiger partial charge in [-0.15, -0.1) is 0 Å². The lowest BCUT2D eigenvalue weighted by Crippen LogP contribution is -2.10. The van der Waals surface area contributed by atoms with Crippen molar-refractivity contribution in [3.63, 3.8) is 0 Å². The molecule has 23 heavy (non-hydrogen) atoms. The first-order chi connectivity index (χ1) is 10.9. The molecule has 0 fully saturated rings. The summed E-state index contributed by atoms with van der Waals surface area (Å²) in [5.74, 6) is 0.400. The first-order valence-corrected chi connectivity index (χ1v) is 7.69. The lowest BCUT2D eigenvalue weighted by Gasteiger charge is -2.09. The Bertz CT molecular complexity index is 833. The Balaban J connectivity index is 2.39. The Hall–Kier alpha value is -2.81. The molecule has 0 atom stereocenters. The predicted molar refractivity (Wildman–Crippen MR) is 80.5 cm³/mol. The Labute approximate surface area is 132 Å². The lowest BCUT2D eigenvalue weighted by atomic mass is 10.3. The van der Waals surface area contributed by atoms with E-state index in [1.807, 2.05) is 0 Å². The third-order valence-electron chi connectivity index (χ3n) is 2.88. The Morgan fingerprint density at radius 2 is 1.70 bits per heavy atom. The molecule has 0 bridgehead atoms. The van der Waals surface area contributed by atoms with E-state index in [1.54, 1.807) is 12.1 Å². The van der Waals surface area contributed by atoms with Crippen LogP contribution in [-0.4, -0.2) is 27.6 Å². The number of rotatable bonds is 6. The van der Waals surface area contributed by atoms with Gasteiger partial charge in [0.25, 0.3) is 0 Å². The second kappa shape index (κ2) is 6.53. The molecule has 0 saturated carbocycles. The molecule has 0 aromatic heterocycles. The summed E-state index contributed by atoms with van der Waals surface area (Å²) in [6.07, 6.45) is 0. The molecule has 0 amide bonds. The number of nitro groups is 1. The smallest absolute Gasteiger partial charge is 0.339 e. The fourth-order valence-electron chi connectivity index (χ4n) is 1.80. The van der Waals surface area contributed by atoms with E-state index in [9.17, 15) is 18.5 Å². The van der Waals surface area contributed by atoms with Crippen LogP contribution in [0.4, 0.5) is 5.69 Å². The van der Waals surface area contributed by atoms with Crippen LogP contribution in [0.1, 0.15) is 0 Å². The molecule has 0 spiro atoms. The summed E-state index contributed by atoms with van der Waals surface area (Å²) < 4.78 is 39.3. The van der Waals surface area contributed by atoms with Gasteiger partial charge < -0.3 is 13.7 Å². The molecule has 0 N–H and O–H groups in total. The largest absolute Gasteiger partial charge is 0.497 e. The van der Waals surface area contributed by atoms with Crippen molar-refractivity contribution >= 4 is 15.8 Å². The zero-order valence-electron chi connectivity index (χ0n) is 12.3. The number of nitrogens with zero attached hydrogens (tertiary/aromatic N) is 1. The normalized spacial score (nSPS) is 10.9. The van der Waals surface area contributed by atoms with E-state index in [0.29, 0.717) is 5.75 Å². The fourth-order valence-corrected chi connectivity index (χ4v) is 2.74. The zero-order chi connectivity index (χ0) is 17.0. The van der Waals surface area contributed by atoms with Gasteiger partial charge in [-0.3, -0.25) is 10.1 Å². The minimum Gasteiger partial charge on any atom is -0.497 e. The van der Waals surface area contributed by atoms with Crippen LogP contribution in [0.2, 0.25) is 0 Å². The van der Waals surface area contributed by atoms with Gasteiger partial charge in [-0.05, 0) is 24.3 Å². The van der Waals surface area contributed by atoms with Gasteiger partial charge in [0.05, 0.1) is 19.1 Å². The maximum absolute atomic E-state index is 12.2. The van der Waals surface area contributed by atoms with Crippen molar-refractivity contribution < 1.29 is 27.0 Å². The summed E-state index contributed by atoms with van der Waals surface area (Å²) in [6.45, 7) is 0. The third kappa shape index (κ3) is 3.69. The molecule has 2 aromatic carbocycles. The summed E-state index contributed by atoms with van der Waals surface area (Å²) in [5, 5.41) is 11.0. The van der Waals surface area contributed by atoms with E-state index in [0.717, 1.165) is 6.07 Å². The monoisotopic (exact) mass is 339 g/mol. The van der Waals surface area contributed by atoms with Crippen LogP contribution in [0.15, 0.2) is 47.4 Å². The quantitative estimate of drug-likeness (QED) is 0.452. The molecule has 0 aliphatic heterocycles. The second-order valence-corrected chi connectivity index (χ2v) is 5.85. The summed E-state index contributed by atoms with van der Waals surface area (Å²) in [6, 6.07) is 9.24. The Kier molecular flexibility index (Phi) is 4.70. The summed E-state index contributed by atoms with van der Waals surface area (Å²) in [7, 11) is -1.55. The molecule has 0 aliphatic carbocycles. The fraction of sp³-hybridized carbons (Fsp3) is 0.143.